The number of aliphatic hydroxyl groups excluding tert-OH is 1. The number of hydrogen-bond acceptors (Lipinski definition) is 8. The van der Waals surface area contributed by atoms with Crippen LogP contribution in [-0.2, 0) is 32.1 Å². The van der Waals surface area contributed by atoms with E-state index in [0.29, 0.717) is 29.1 Å². The molecule has 0 aliphatic rings. The van der Waals surface area contributed by atoms with E-state index in [2.05, 4.69) is 34.3 Å². The SMILES string of the molecule is C=N/C(=N\C=C(/C)c1ccc(OCCCCCCC)cc1)c1ccc(C[C@H](NC(=O)OCc2ccccc2)C(=O)NC(C(=O)OC)C(O)c2ccccc2)cc1. The van der Waals surface area contributed by atoms with Crippen molar-refractivity contribution in [2.45, 2.75) is 77.2 Å². The van der Waals surface area contributed by atoms with E-state index in [4.69, 9.17) is 14.2 Å². The van der Waals surface area contributed by atoms with Gasteiger partial charge in [-0.1, -0.05) is 130 Å². The molecule has 0 aromatic heterocycles. The fourth-order valence-corrected chi connectivity index (χ4v) is 5.78. The third kappa shape index (κ3) is 13.7. The first-order valence-electron chi connectivity index (χ1n) is 18.8. The number of carbonyl (C=O) groups is 3. The molecule has 3 N–H and O–H groups in total. The molecule has 3 atom stereocenters. The summed E-state index contributed by atoms with van der Waals surface area (Å²) in [7, 11) is 1.16. The van der Waals surface area contributed by atoms with Gasteiger partial charge in [0.1, 0.15) is 24.5 Å². The van der Waals surface area contributed by atoms with Crippen molar-refractivity contribution >= 4 is 36.1 Å². The van der Waals surface area contributed by atoms with E-state index in [-0.39, 0.29) is 13.0 Å². The van der Waals surface area contributed by atoms with Crippen LogP contribution in [0.25, 0.3) is 5.57 Å². The van der Waals surface area contributed by atoms with Crippen LogP contribution in [0, 0.1) is 0 Å². The lowest BCUT2D eigenvalue weighted by molar-refractivity contribution is -0.148. The number of esters is 1. The molecule has 0 bridgehead atoms. The first kappa shape index (κ1) is 42.7. The van der Waals surface area contributed by atoms with Crippen LogP contribution in [0.5, 0.6) is 5.75 Å². The van der Waals surface area contributed by atoms with Crippen molar-refractivity contribution in [3.05, 3.63) is 143 Å². The van der Waals surface area contributed by atoms with Crippen molar-refractivity contribution in [3.63, 3.8) is 0 Å². The molecule has 0 aliphatic carbocycles. The summed E-state index contributed by atoms with van der Waals surface area (Å²) in [5, 5.41) is 16.2. The van der Waals surface area contributed by atoms with E-state index in [1.165, 1.54) is 25.7 Å². The van der Waals surface area contributed by atoms with E-state index >= 15 is 0 Å². The van der Waals surface area contributed by atoms with Crippen LogP contribution >= 0.6 is 0 Å². The summed E-state index contributed by atoms with van der Waals surface area (Å²) in [5.74, 6) is -0.353. The van der Waals surface area contributed by atoms with Gasteiger partial charge in [-0.25, -0.2) is 19.6 Å². The lowest BCUT2D eigenvalue weighted by Crippen LogP contribution is -2.54. The van der Waals surface area contributed by atoms with Gasteiger partial charge < -0.3 is 30.0 Å². The average molecular weight is 761 g/mol. The first-order chi connectivity index (χ1) is 27.2. The van der Waals surface area contributed by atoms with Gasteiger partial charge >= 0.3 is 12.1 Å². The number of alkyl carbamates (subject to hydrolysis) is 1. The second-order valence-corrected chi connectivity index (χ2v) is 13.2. The predicted molar refractivity (Wildman–Crippen MR) is 219 cm³/mol. The highest BCUT2D eigenvalue weighted by atomic mass is 16.5. The molecule has 294 valence electrons. The Labute approximate surface area is 329 Å². The number of carbonyl (C=O) groups excluding carboxylic acids is 3. The molecule has 2 unspecified atom stereocenters. The van der Waals surface area contributed by atoms with Gasteiger partial charge in [0.2, 0.25) is 5.91 Å². The van der Waals surface area contributed by atoms with E-state index < -0.39 is 36.2 Å². The zero-order valence-corrected chi connectivity index (χ0v) is 32.4. The Morgan fingerprint density at radius 1 is 0.804 bits per heavy atom. The summed E-state index contributed by atoms with van der Waals surface area (Å²) in [6.45, 7) is 8.56. The maximum absolute atomic E-state index is 13.8. The number of nitrogens with zero attached hydrogens (tertiary/aromatic N) is 2. The van der Waals surface area contributed by atoms with Crippen molar-refractivity contribution in [1.29, 1.82) is 0 Å². The number of amidine groups is 1. The number of benzene rings is 4. The van der Waals surface area contributed by atoms with Crippen LogP contribution in [-0.4, -0.2) is 61.4 Å². The largest absolute Gasteiger partial charge is 0.494 e. The van der Waals surface area contributed by atoms with Crippen LogP contribution in [0.4, 0.5) is 4.79 Å². The van der Waals surface area contributed by atoms with Crippen molar-refractivity contribution < 1.29 is 33.7 Å². The molecule has 0 spiro atoms. The highest BCUT2D eigenvalue weighted by Gasteiger charge is 2.33. The molecule has 4 aromatic carbocycles. The van der Waals surface area contributed by atoms with Gasteiger partial charge in [-0.3, -0.25) is 4.79 Å². The number of nitrogens with one attached hydrogen (secondary N) is 2. The Hall–Kier alpha value is -6.07. The molecular weight excluding hydrogens is 709 g/mol. The van der Waals surface area contributed by atoms with Gasteiger partial charge in [0.05, 0.1) is 13.7 Å². The fraction of sp³-hybridized carbons (Fsp3) is 0.311. The lowest BCUT2D eigenvalue weighted by atomic mass is 10.00. The van der Waals surface area contributed by atoms with Gasteiger partial charge in [0, 0.05) is 18.2 Å². The molecule has 4 aromatic rings. The molecule has 0 saturated heterocycles. The minimum absolute atomic E-state index is 0.0171. The van der Waals surface area contributed by atoms with Crippen LogP contribution in [0.3, 0.4) is 0 Å². The zero-order chi connectivity index (χ0) is 40.1. The average Bonchev–Trinajstić information content (AvgIpc) is 3.24. The number of aliphatic imine (C=N–C) groups is 2. The maximum Gasteiger partial charge on any atom is 0.408 e. The summed E-state index contributed by atoms with van der Waals surface area (Å²) < 4.78 is 16.2. The molecule has 0 fully saturated rings. The van der Waals surface area contributed by atoms with Gasteiger partial charge in [0.25, 0.3) is 0 Å². The van der Waals surface area contributed by atoms with Gasteiger partial charge in [-0.15, -0.1) is 0 Å². The minimum atomic E-state index is -1.45. The van der Waals surface area contributed by atoms with Crippen LogP contribution in [0.15, 0.2) is 125 Å². The number of unbranched alkanes of at least 4 members (excludes halogenated alkanes) is 4. The Morgan fingerprint density at radius 3 is 2.09 bits per heavy atom. The van der Waals surface area contributed by atoms with Crippen LogP contribution in [0.1, 0.15) is 79.9 Å². The fourth-order valence-electron chi connectivity index (χ4n) is 5.78. The number of methoxy groups -OCH3 is 1. The number of allylic oxidation sites excluding steroid dienone is 1. The predicted octanol–water partition coefficient (Wildman–Crippen LogP) is 7.77. The van der Waals surface area contributed by atoms with Crippen molar-refractivity contribution in [2.24, 2.45) is 9.98 Å². The highest BCUT2D eigenvalue weighted by molar-refractivity contribution is 6.02. The Bertz CT molecular complexity index is 1900. The Kier molecular flexibility index (Phi) is 17.5. The standard InChI is InChI=1S/C45H52N4O7/c1-5-6-7-8-15-28-55-38-26-24-35(25-27-38)32(2)30-47-42(46-3)37-22-20-33(21-23-37)29-39(48-45(53)56-31-34-16-11-9-12-17-34)43(51)49-40(44(52)54-4)41(50)36-18-13-10-14-19-36/h9-14,16-27,30,39-41,50H,3,5-8,15,28-29,31H2,1-2,4H3,(H,48,53)(H,49,51)/b32-30+,47-42-/t39-,40?,41?/m0/s1. The number of hydrogen-bond donors (Lipinski definition) is 3. The number of rotatable bonds is 20. The molecule has 0 heterocycles. The van der Waals surface area contributed by atoms with Crippen molar-refractivity contribution in [1.82, 2.24) is 10.6 Å². The van der Waals surface area contributed by atoms with Crippen molar-refractivity contribution in [3.8, 4) is 5.75 Å². The van der Waals surface area contributed by atoms with Crippen LogP contribution in [0.2, 0.25) is 0 Å². The summed E-state index contributed by atoms with van der Waals surface area (Å²) in [4.78, 5) is 48.2. The second-order valence-electron chi connectivity index (χ2n) is 13.2. The number of aliphatic hydroxyl groups is 1. The summed E-state index contributed by atoms with van der Waals surface area (Å²) in [6, 6.07) is 29.9. The minimum Gasteiger partial charge on any atom is -0.494 e. The molecule has 11 heteroatoms. The second kappa shape index (κ2) is 23.0. The molecule has 56 heavy (non-hydrogen) atoms. The quantitative estimate of drug-likeness (QED) is 0.0361. The van der Waals surface area contributed by atoms with E-state index in [1.807, 2.05) is 61.5 Å². The lowest BCUT2D eigenvalue weighted by Gasteiger charge is -2.25. The smallest absolute Gasteiger partial charge is 0.408 e. The van der Waals surface area contributed by atoms with Gasteiger partial charge in [-0.2, -0.15) is 0 Å². The Balaban J connectivity index is 1.46. The summed E-state index contributed by atoms with van der Waals surface area (Å²) in [5.41, 5.74) is 4.44. The highest BCUT2D eigenvalue weighted by Crippen LogP contribution is 2.21. The zero-order valence-electron chi connectivity index (χ0n) is 32.4. The summed E-state index contributed by atoms with van der Waals surface area (Å²) in [6.07, 6.45) is 5.44. The van der Waals surface area contributed by atoms with Crippen molar-refractivity contribution in [2.75, 3.05) is 13.7 Å². The van der Waals surface area contributed by atoms with E-state index in [0.717, 1.165) is 36.0 Å². The molecule has 0 aliphatic heterocycles. The third-order valence-corrected chi connectivity index (χ3v) is 9.04. The monoisotopic (exact) mass is 760 g/mol. The van der Waals surface area contributed by atoms with Crippen LogP contribution < -0.4 is 15.4 Å². The molecule has 11 nitrogen and oxygen atoms in total. The molecule has 0 saturated carbocycles. The van der Waals surface area contributed by atoms with E-state index in [1.54, 1.807) is 60.8 Å². The number of ether oxygens (including phenoxy) is 3. The molecule has 2 amide bonds. The normalized spacial score (nSPS) is 13.1. The molecule has 0 radical (unpaired) electrons. The Morgan fingerprint density at radius 2 is 1.45 bits per heavy atom. The van der Waals surface area contributed by atoms with Gasteiger partial charge in [0.15, 0.2) is 11.9 Å². The molecular formula is C45H52N4O7. The van der Waals surface area contributed by atoms with E-state index in [9.17, 15) is 19.5 Å². The molecule has 4 rings (SSSR count). The maximum atomic E-state index is 13.8. The topological polar surface area (TPSA) is 148 Å². The first-order valence-corrected chi connectivity index (χ1v) is 18.8. The number of amides is 2. The summed E-state index contributed by atoms with van der Waals surface area (Å²) >= 11 is 0. The third-order valence-electron chi connectivity index (χ3n) is 9.04. The van der Waals surface area contributed by atoms with Gasteiger partial charge in [-0.05, 0) is 60.0 Å².